The van der Waals surface area contributed by atoms with E-state index in [1.54, 1.807) is 0 Å². The highest BCUT2D eigenvalue weighted by molar-refractivity contribution is 5.97. The van der Waals surface area contributed by atoms with Gasteiger partial charge in [0, 0.05) is 17.4 Å². The quantitative estimate of drug-likeness (QED) is 0.225. The molecule has 0 amide bonds. The number of pyridine rings is 1. The molecule has 9 rings (SSSR count). The van der Waals surface area contributed by atoms with Crippen molar-refractivity contribution in [2.75, 3.05) is 0 Å². The van der Waals surface area contributed by atoms with Crippen LogP contribution in [0.5, 0.6) is 0 Å². The number of para-hydroxylation sites is 1. The first kappa shape index (κ1) is 18.8. The molecule has 0 radical (unpaired) electrons. The molecular weight excluding hydrogens is 434 g/mol. The summed E-state index contributed by atoms with van der Waals surface area (Å²) < 4.78 is 0. The van der Waals surface area contributed by atoms with Crippen molar-refractivity contribution in [1.82, 2.24) is 4.98 Å². The second-order valence-electron chi connectivity index (χ2n) is 10.3. The third-order valence-electron chi connectivity index (χ3n) is 8.66. The van der Waals surface area contributed by atoms with Gasteiger partial charge in [-0.25, -0.2) is 4.98 Å². The molecule has 0 saturated heterocycles. The molecular formula is C35H21N. The van der Waals surface area contributed by atoms with Crippen LogP contribution in [0.1, 0.15) is 33.4 Å². The van der Waals surface area contributed by atoms with Crippen LogP contribution in [-0.2, 0) is 11.8 Å². The molecule has 1 heteroatoms. The van der Waals surface area contributed by atoms with Crippen LogP contribution >= 0.6 is 0 Å². The molecule has 0 atom stereocenters. The topological polar surface area (TPSA) is 12.9 Å². The Balaban J connectivity index is 1.40. The minimum atomic E-state index is -0.277. The summed E-state index contributed by atoms with van der Waals surface area (Å²) in [4.78, 5) is 5.14. The van der Waals surface area contributed by atoms with Gasteiger partial charge in [-0.3, -0.25) is 0 Å². The van der Waals surface area contributed by atoms with E-state index in [-0.39, 0.29) is 5.41 Å². The first-order valence-electron chi connectivity index (χ1n) is 12.7. The van der Waals surface area contributed by atoms with Crippen LogP contribution in [0, 0.1) is 0 Å². The minimum absolute atomic E-state index is 0.277. The van der Waals surface area contributed by atoms with Gasteiger partial charge < -0.3 is 0 Å². The van der Waals surface area contributed by atoms with E-state index in [1.165, 1.54) is 66.6 Å². The summed E-state index contributed by atoms with van der Waals surface area (Å²) in [6.45, 7) is 0. The number of rotatable bonds is 0. The fourth-order valence-corrected chi connectivity index (χ4v) is 7.28. The molecule has 5 aromatic carbocycles. The normalized spacial score (nSPS) is 14.8. The molecule has 6 aromatic rings. The van der Waals surface area contributed by atoms with Crippen molar-refractivity contribution in [3.63, 3.8) is 0 Å². The van der Waals surface area contributed by atoms with Gasteiger partial charge in [-0.1, -0.05) is 97.1 Å². The Bertz CT molecular complexity index is 1880. The van der Waals surface area contributed by atoms with Crippen LogP contribution in [-0.4, -0.2) is 4.98 Å². The SMILES string of the molecule is c1ccc2c(c1)-c1ccccc1C21c2ccccc2-c2cc3c(cc21)Cc1cc2ccccc2nc1-3. The van der Waals surface area contributed by atoms with Gasteiger partial charge in [0.05, 0.1) is 16.6 Å². The molecule has 0 saturated carbocycles. The molecule has 1 aromatic heterocycles. The van der Waals surface area contributed by atoms with E-state index in [0.717, 1.165) is 17.6 Å². The predicted octanol–water partition coefficient (Wildman–Crippen LogP) is 8.15. The third-order valence-corrected chi connectivity index (χ3v) is 8.66. The lowest BCUT2D eigenvalue weighted by atomic mass is 9.70. The van der Waals surface area contributed by atoms with Crippen molar-refractivity contribution < 1.29 is 0 Å². The van der Waals surface area contributed by atoms with Crippen molar-refractivity contribution in [1.29, 1.82) is 0 Å². The fraction of sp³-hybridized carbons (Fsp3) is 0.0571. The van der Waals surface area contributed by atoms with Gasteiger partial charge in [0.1, 0.15) is 0 Å². The van der Waals surface area contributed by atoms with E-state index in [9.17, 15) is 0 Å². The highest BCUT2D eigenvalue weighted by Gasteiger charge is 2.51. The lowest BCUT2D eigenvalue weighted by molar-refractivity contribution is 0.792. The highest BCUT2D eigenvalue weighted by Crippen LogP contribution is 2.63. The Morgan fingerprint density at radius 2 is 1.06 bits per heavy atom. The van der Waals surface area contributed by atoms with Crippen molar-refractivity contribution in [3.8, 4) is 33.5 Å². The summed E-state index contributed by atoms with van der Waals surface area (Å²) in [5, 5.41) is 1.22. The zero-order valence-electron chi connectivity index (χ0n) is 19.6. The Kier molecular flexibility index (Phi) is 3.33. The van der Waals surface area contributed by atoms with Gasteiger partial charge in [-0.15, -0.1) is 0 Å². The zero-order valence-corrected chi connectivity index (χ0v) is 19.6. The van der Waals surface area contributed by atoms with Crippen LogP contribution in [0.25, 0.3) is 44.4 Å². The number of aromatic nitrogens is 1. The summed E-state index contributed by atoms with van der Waals surface area (Å²) >= 11 is 0. The molecule has 1 spiro atoms. The smallest absolute Gasteiger partial charge is 0.0748 e. The lowest BCUT2D eigenvalue weighted by Crippen LogP contribution is -2.26. The largest absolute Gasteiger partial charge is 0.247 e. The second kappa shape index (κ2) is 6.38. The number of benzene rings is 5. The van der Waals surface area contributed by atoms with Gasteiger partial charge in [0.15, 0.2) is 0 Å². The van der Waals surface area contributed by atoms with Crippen LogP contribution in [0.2, 0.25) is 0 Å². The van der Waals surface area contributed by atoms with Crippen LogP contribution in [0.3, 0.4) is 0 Å². The summed E-state index contributed by atoms with van der Waals surface area (Å²) in [5.41, 5.74) is 17.0. The molecule has 3 aliphatic rings. The minimum Gasteiger partial charge on any atom is -0.247 e. The average Bonchev–Trinajstić information content (AvgIpc) is 3.54. The molecule has 0 fully saturated rings. The molecule has 166 valence electrons. The maximum atomic E-state index is 5.14. The van der Waals surface area contributed by atoms with E-state index in [2.05, 4.69) is 115 Å². The second-order valence-corrected chi connectivity index (χ2v) is 10.3. The third kappa shape index (κ3) is 2.08. The summed E-state index contributed by atoms with van der Waals surface area (Å²) in [7, 11) is 0. The molecule has 0 aliphatic heterocycles. The Hall–Kier alpha value is -4.49. The zero-order chi connectivity index (χ0) is 23.4. The van der Waals surface area contributed by atoms with Gasteiger partial charge in [-0.05, 0) is 73.8 Å². The molecule has 0 bridgehead atoms. The Labute approximate surface area is 209 Å². The van der Waals surface area contributed by atoms with E-state index < -0.39 is 0 Å². The highest BCUT2D eigenvalue weighted by atomic mass is 14.7. The number of hydrogen-bond donors (Lipinski definition) is 0. The summed E-state index contributed by atoms with van der Waals surface area (Å²) in [6.07, 6.45) is 0.936. The van der Waals surface area contributed by atoms with E-state index in [4.69, 9.17) is 4.98 Å². The molecule has 1 nitrogen and oxygen atoms in total. The first-order chi connectivity index (χ1) is 17.8. The van der Waals surface area contributed by atoms with Crippen LogP contribution < -0.4 is 0 Å². The van der Waals surface area contributed by atoms with Crippen LogP contribution in [0.15, 0.2) is 115 Å². The van der Waals surface area contributed by atoms with Gasteiger partial charge in [-0.2, -0.15) is 0 Å². The Morgan fingerprint density at radius 3 is 1.75 bits per heavy atom. The fourth-order valence-electron chi connectivity index (χ4n) is 7.28. The Morgan fingerprint density at radius 1 is 0.472 bits per heavy atom. The maximum absolute atomic E-state index is 5.14. The maximum Gasteiger partial charge on any atom is 0.0748 e. The van der Waals surface area contributed by atoms with Crippen molar-refractivity contribution in [2.45, 2.75) is 11.8 Å². The number of fused-ring (bicyclic) bond motifs is 14. The van der Waals surface area contributed by atoms with E-state index in [0.29, 0.717) is 0 Å². The molecule has 36 heavy (non-hydrogen) atoms. The van der Waals surface area contributed by atoms with Crippen molar-refractivity contribution >= 4 is 10.9 Å². The van der Waals surface area contributed by atoms with Gasteiger partial charge in [0.2, 0.25) is 0 Å². The molecule has 0 unspecified atom stereocenters. The lowest BCUT2D eigenvalue weighted by Gasteiger charge is -2.30. The van der Waals surface area contributed by atoms with Crippen molar-refractivity contribution in [3.05, 3.63) is 149 Å². The van der Waals surface area contributed by atoms with E-state index >= 15 is 0 Å². The van der Waals surface area contributed by atoms with Gasteiger partial charge in [0.25, 0.3) is 0 Å². The first-order valence-corrected chi connectivity index (χ1v) is 12.7. The van der Waals surface area contributed by atoms with Crippen LogP contribution in [0.4, 0.5) is 0 Å². The standard InChI is InChI=1S/C35H21N/c1-8-16-33-21(9-1)17-23-18-22-19-32-28(20-27(22)34(23)36-33)26-12-4-7-15-31(26)35(32)29-13-5-2-10-24(29)25-11-3-6-14-30(25)35/h1-17,19-20H,18H2. The molecule has 1 heterocycles. The van der Waals surface area contributed by atoms with Crippen molar-refractivity contribution in [2.24, 2.45) is 0 Å². The van der Waals surface area contributed by atoms with Gasteiger partial charge >= 0.3 is 0 Å². The monoisotopic (exact) mass is 455 g/mol. The molecule has 3 aliphatic carbocycles. The summed E-state index contributed by atoms with van der Waals surface area (Å²) in [6, 6.07) is 42.8. The van der Waals surface area contributed by atoms with E-state index in [1.807, 2.05) is 0 Å². The average molecular weight is 456 g/mol. The summed E-state index contributed by atoms with van der Waals surface area (Å²) in [5.74, 6) is 0. The number of nitrogens with zero attached hydrogens (tertiary/aromatic N) is 1. The predicted molar refractivity (Wildman–Crippen MR) is 146 cm³/mol. The molecule has 0 N–H and O–H groups in total. The number of hydrogen-bond acceptors (Lipinski definition) is 1.